The van der Waals surface area contributed by atoms with Crippen molar-refractivity contribution in [3.63, 3.8) is 0 Å². The van der Waals surface area contributed by atoms with Gasteiger partial charge in [0.15, 0.2) is 5.96 Å². The van der Waals surface area contributed by atoms with Crippen LogP contribution in [0.25, 0.3) is 0 Å². The highest BCUT2D eigenvalue weighted by atomic mass is 127. The Morgan fingerprint density at radius 1 is 1.03 bits per heavy atom. The number of hydrogen-bond donors (Lipinski definition) is 3. The summed E-state index contributed by atoms with van der Waals surface area (Å²) in [7, 11) is 1.78. The van der Waals surface area contributed by atoms with Crippen molar-refractivity contribution in [3.8, 4) is 0 Å². The van der Waals surface area contributed by atoms with Crippen LogP contribution in [0, 0.1) is 5.92 Å². The van der Waals surface area contributed by atoms with Crippen molar-refractivity contribution < 1.29 is 4.79 Å². The number of nitrogens with one attached hydrogen (secondary N) is 3. The van der Waals surface area contributed by atoms with Crippen LogP contribution in [0.2, 0.25) is 0 Å². The molecule has 2 aromatic rings. The van der Waals surface area contributed by atoms with Gasteiger partial charge in [0.25, 0.3) is 0 Å². The standard InChI is InChI=1S/C23H30N4O.HI/c1-24-23(25-15-7-11-18-8-3-2-4-9-18)26-17-19-10-5-14-21(16-19)27-22(28)20-12-6-13-20;/h2-5,8-10,14,16,20H,6-7,11-13,15,17H2,1H3,(H,27,28)(H2,24,25,26);1H. The fraction of sp³-hybridized carbons (Fsp3) is 0.391. The lowest BCUT2D eigenvalue weighted by atomic mass is 9.85. The molecule has 6 heteroatoms. The molecule has 0 aromatic heterocycles. The summed E-state index contributed by atoms with van der Waals surface area (Å²) in [6, 6.07) is 18.5. The number of guanidine groups is 1. The van der Waals surface area contributed by atoms with Gasteiger partial charge >= 0.3 is 0 Å². The molecule has 0 spiro atoms. The summed E-state index contributed by atoms with van der Waals surface area (Å²) in [4.78, 5) is 16.4. The Bertz CT molecular complexity index is 790. The van der Waals surface area contributed by atoms with Crippen LogP contribution in [-0.2, 0) is 17.8 Å². The molecule has 1 aliphatic carbocycles. The van der Waals surface area contributed by atoms with E-state index in [0.717, 1.165) is 49.4 Å². The van der Waals surface area contributed by atoms with E-state index in [1.54, 1.807) is 7.05 Å². The van der Waals surface area contributed by atoms with Crippen molar-refractivity contribution >= 4 is 41.5 Å². The molecule has 0 aliphatic heterocycles. The number of hydrogen-bond acceptors (Lipinski definition) is 2. The van der Waals surface area contributed by atoms with Crippen molar-refractivity contribution in [1.82, 2.24) is 10.6 Å². The van der Waals surface area contributed by atoms with Crippen LogP contribution < -0.4 is 16.0 Å². The zero-order valence-electron chi connectivity index (χ0n) is 17.0. The Balaban J connectivity index is 0.00000300. The third-order valence-corrected chi connectivity index (χ3v) is 5.13. The van der Waals surface area contributed by atoms with Gasteiger partial charge in [-0.25, -0.2) is 0 Å². The monoisotopic (exact) mass is 506 g/mol. The molecule has 156 valence electrons. The van der Waals surface area contributed by atoms with Crippen molar-refractivity contribution in [2.75, 3.05) is 18.9 Å². The largest absolute Gasteiger partial charge is 0.356 e. The number of rotatable bonds is 8. The van der Waals surface area contributed by atoms with Gasteiger partial charge in [-0.05, 0) is 48.9 Å². The van der Waals surface area contributed by atoms with Gasteiger partial charge in [-0.3, -0.25) is 9.79 Å². The Morgan fingerprint density at radius 3 is 2.48 bits per heavy atom. The van der Waals surface area contributed by atoms with Crippen molar-refractivity contribution in [3.05, 3.63) is 65.7 Å². The molecular formula is C23H31IN4O. The highest BCUT2D eigenvalue weighted by Gasteiger charge is 2.25. The van der Waals surface area contributed by atoms with Gasteiger partial charge in [-0.1, -0.05) is 48.9 Å². The molecule has 0 bridgehead atoms. The highest BCUT2D eigenvalue weighted by molar-refractivity contribution is 14.0. The third kappa shape index (κ3) is 7.68. The van der Waals surface area contributed by atoms with E-state index in [1.165, 1.54) is 12.0 Å². The average molecular weight is 506 g/mol. The molecule has 2 aromatic carbocycles. The molecule has 0 unspecified atom stereocenters. The van der Waals surface area contributed by atoms with Crippen LogP contribution in [0.4, 0.5) is 5.69 Å². The molecule has 29 heavy (non-hydrogen) atoms. The molecule has 1 aliphatic rings. The van der Waals surface area contributed by atoms with Gasteiger partial charge < -0.3 is 16.0 Å². The topological polar surface area (TPSA) is 65.5 Å². The highest BCUT2D eigenvalue weighted by Crippen LogP contribution is 2.27. The summed E-state index contributed by atoms with van der Waals surface area (Å²) in [5, 5.41) is 9.72. The minimum atomic E-state index is 0. The number of carbonyl (C=O) groups is 1. The summed E-state index contributed by atoms with van der Waals surface area (Å²) in [6.45, 7) is 1.53. The second-order valence-electron chi connectivity index (χ2n) is 7.26. The van der Waals surface area contributed by atoms with Crippen molar-refractivity contribution in [2.24, 2.45) is 10.9 Å². The van der Waals surface area contributed by atoms with E-state index >= 15 is 0 Å². The molecule has 0 heterocycles. The SMILES string of the molecule is CN=C(NCCCc1ccccc1)NCc1cccc(NC(=O)C2CCC2)c1.I. The van der Waals surface area contributed by atoms with E-state index in [-0.39, 0.29) is 35.8 Å². The third-order valence-electron chi connectivity index (χ3n) is 5.13. The first-order valence-corrected chi connectivity index (χ1v) is 10.1. The first kappa shape index (κ1) is 23.2. The molecule has 0 radical (unpaired) electrons. The van der Waals surface area contributed by atoms with E-state index < -0.39 is 0 Å². The summed E-state index contributed by atoms with van der Waals surface area (Å²) >= 11 is 0. The molecular weight excluding hydrogens is 475 g/mol. The molecule has 1 amide bonds. The molecule has 1 saturated carbocycles. The van der Waals surface area contributed by atoms with Crippen LogP contribution >= 0.6 is 24.0 Å². The van der Waals surface area contributed by atoms with Gasteiger partial charge in [0.2, 0.25) is 5.91 Å². The first-order chi connectivity index (χ1) is 13.7. The van der Waals surface area contributed by atoms with E-state index in [2.05, 4.69) is 51.3 Å². The van der Waals surface area contributed by atoms with E-state index in [0.29, 0.717) is 6.54 Å². The van der Waals surface area contributed by atoms with Gasteiger partial charge in [-0.15, -0.1) is 24.0 Å². The number of aryl methyl sites for hydroxylation is 1. The molecule has 3 rings (SSSR count). The van der Waals surface area contributed by atoms with E-state index in [4.69, 9.17) is 0 Å². The zero-order chi connectivity index (χ0) is 19.6. The average Bonchev–Trinajstić information content (AvgIpc) is 2.67. The quantitative estimate of drug-likeness (QED) is 0.216. The Kier molecular flexibility index (Phi) is 9.97. The van der Waals surface area contributed by atoms with Crippen molar-refractivity contribution in [1.29, 1.82) is 0 Å². The fourth-order valence-corrected chi connectivity index (χ4v) is 3.22. The van der Waals surface area contributed by atoms with Crippen LogP contribution in [0.5, 0.6) is 0 Å². The molecule has 0 atom stereocenters. The van der Waals surface area contributed by atoms with Crippen LogP contribution in [0.3, 0.4) is 0 Å². The second kappa shape index (κ2) is 12.5. The maximum atomic E-state index is 12.1. The Morgan fingerprint density at radius 2 is 1.79 bits per heavy atom. The van der Waals surface area contributed by atoms with Crippen LogP contribution in [-0.4, -0.2) is 25.5 Å². The van der Waals surface area contributed by atoms with Gasteiger partial charge in [-0.2, -0.15) is 0 Å². The van der Waals surface area contributed by atoms with Gasteiger partial charge in [0, 0.05) is 31.7 Å². The lowest BCUT2D eigenvalue weighted by Gasteiger charge is -2.24. The summed E-state index contributed by atoms with van der Waals surface area (Å²) in [5.41, 5.74) is 3.33. The Hall–Kier alpha value is -2.09. The minimum Gasteiger partial charge on any atom is -0.356 e. The van der Waals surface area contributed by atoms with E-state index in [1.807, 2.05) is 24.3 Å². The maximum absolute atomic E-state index is 12.1. The predicted molar refractivity (Wildman–Crippen MR) is 131 cm³/mol. The first-order valence-electron chi connectivity index (χ1n) is 10.1. The lowest BCUT2D eigenvalue weighted by molar-refractivity contribution is -0.122. The normalized spacial score (nSPS) is 13.8. The number of aliphatic imine (C=N–C) groups is 1. The molecule has 0 saturated heterocycles. The second-order valence-corrected chi connectivity index (χ2v) is 7.26. The Labute approximate surface area is 190 Å². The smallest absolute Gasteiger partial charge is 0.227 e. The molecule has 5 nitrogen and oxygen atoms in total. The van der Waals surface area contributed by atoms with E-state index in [9.17, 15) is 4.79 Å². The predicted octanol–water partition coefficient (Wildman–Crippen LogP) is 4.34. The maximum Gasteiger partial charge on any atom is 0.227 e. The number of anilines is 1. The summed E-state index contributed by atoms with van der Waals surface area (Å²) in [5.74, 6) is 1.13. The number of nitrogens with zero attached hydrogens (tertiary/aromatic N) is 1. The van der Waals surface area contributed by atoms with Crippen LogP contribution in [0.1, 0.15) is 36.8 Å². The summed E-state index contributed by atoms with van der Waals surface area (Å²) in [6.07, 6.45) is 5.29. The number of halogens is 1. The lowest BCUT2D eigenvalue weighted by Crippen LogP contribution is -2.37. The molecule has 3 N–H and O–H groups in total. The van der Waals surface area contributed by atoms with Crippen molar-refractivity contribution in [2.45, 2.75) is 38.6 Å². The van der Waals surface area contributed by atoms with Gasteiger partial charge in [0.1, 0.15) is 0 Å². The number of carbonyl (C=O) groups excluding carboxylic acids is 1. The van der Waals surface area contributed by atoms with Crippen LogP contribution in [0.15, 0.2) is 59.6 Å². The fourth-order valence-electron chi connectivity index (χ4n) is 3.22. The van der Waals surface area contributed by atoms with Gasteiger partial charge in [0.05, 0.1) is 0 Å². The summed E-state index contributed by atoms with van der Waals surface area (Å²) < 4.78 is 0. The molecule has 1 fully saturated rings. The number of benzene rings is 2. The zero-order valence-corrected chi connectivity index (χ0v) is 19.3. The number of amides is 1. The minimum absolute atomic E-state index is 0.